The summed E-state index contributed by atoms with van der Waals surface area (Å²) < 4.78 is 6.54. The van der Waals surface area contributed by atoms with Crippen molar-refractivity contribution in [3.8, 4) is 11.5 Å². The van der Waals surface area contributed by atoms with Gasteiger partial charge < -0.3 is 15.2 Å². The van der Waals surface area contributed by atoms with E-state index in [0.717, 1.165) is 17.6 Å². The molecule has 0 radical (unpaired) electrons. The molecule has 0 unspecified atom stereocenters. The van der Waals surface area contributed by atoms with Crippen LogP contribution in [0.3, 0.4) is 0 Å². The second-order valence-electron chi connectivity index (χ2n) is 3.77. The quantitative estimate of drug-likeness (QED) is 0.851. The lowest BCUT2D eigenvalue weighted by atomic mass is 10.00. The van der Waals surface area contributed by atoms with E-state index in [0.29, 0.717) is 5.75 Å². The summed E-state index contributed by atoms with van der Waals surface area (Å²) in [5, 5.41) is 12.7. The number of phenols is 1. The van der Waals surface area contributed by atoms with Gasteiger partial charge in [0, 0.05) is 17.6 Å². The highest BCUT2D eigenvalue weighted by Crippen LogP contribution is 2.32. The Labute approximate surface area is 91.2 Å². The summed E-state index contributed by atoms with van der Waals surface area (Å²) in [6, 6.07) is 5.25. The lowest BCUT2D eigenvalue weighted by Crippen LogP contribution is -2.61. The number of hydrogen-bond donors (Lipinski definition) is 2. The van der Waals surface area contributed by atoms with E-state index >= 15 is 0 Å². The maximum Gasteiger partial charge on any atom is 0.161 e. The Kier molecular flexibility index (Phi) is 2.41. The molecule has 1 saturated heterocycles. The van der Waals surface area contributed by atoms with Crippen LogP contribution in [0.2, 0.25) is 0 Å². The SMILES string of the molecule is CC1(Oc2ccc(Br)cc2O)CNC1. The molecule has 1 aliphatic heterocycles. The van der Waals surface area contributed by atoms with Crippen LogP contribution in [0.15, 0.2) is 22.7 Å². The number of nitrogens with one attached hydrogen (secondary N) is 1. The van der Waals surface area contributed by atoms with Crippen LogP contribution in [-0.2, 0) is 0 Å². The van der Waals surface area contributed by atoms with Crippen molar-refractivity contribution < 1.29 is 9.84 Å². The Morgan fingerprint density at radius 2 is 2.21 bits per heavy atom. The van der Waals surface area contributed by atoms with E-state index in [1.54, 1.807) is 12.1 Å². The van der Waals surface area contributed by atoms with Gasteiger partial charge in [-0.1, -0.05) is 15.9 Å². The van der Waals surface area contributed by atoms with Crippen molar-refractivity contribution in [1.29, 1.82) is 0 Å². The summed E-state index contributed by atoms with van der Waals surface area (Å²) in [6.45, 7) is 3.66. The standard InChI is InChI=1S/C10H12BrNO2/c1-10(5-12-6-10)14-9-3-2-7(11)4-8(9)13/h2-4,12-13H,5-6H2,1H3. The summed E-state index contributed by atoms with van der Waals surface area (Å²) in [5.41, 5.74) is -0.175. The van der Waals surface area contributed by atoms with Crippen LogP contribution >= 0.6 is 15.9 Å². The van der Waals surface area contributed by atoms with Crippen molar-refractivity contribution >= 4 is 15.9 Å². The normalized spacial score (nSPS) is 18.7. The third-order valence-corrected chi connectivity index (χ3v) is 2.77. The average molecular weight is 258 g/mol. The first-order valence-electron chi connectivity index (χ1n) is 4.47. The van der Waals surface area contributed by atoms with Crippen molar-refractivity contribution in [2.75, 3.05) is 13.1 Å². The third-order valence-electron chi connectivity index (χ3n) is 2.28. The average Bonchev–Trinajstić information content (AvgIpc) is 2.07. The largest absolute Gasteiger partial charge is 0.504 e. The molecular formula is C10H12BrNO2. The van der Waals surface area contributed by atoms with Gasteiger partial charge in [-0.3, -0.25) is 0 Å². The zero-order valence-corrected chi connectivity index (χ0v) is 9.47. The summed E-state index contributed by atoms with van der Waals surface area (Å²) in [7, 11) is 0. The number of phenolic OH excluding ortho intramolecular Hbond substituents is 1. The Morgan fingerprint density at radius 1 is 1.50 bits per heavy atom. The van der Waals surface area contributed by atoms with Crippen LogP contribution in [0.4, 0.5) is 0 Å². The van der Waals surface area contributed by atoms with Crippen molar-refractivity contribution in [3.63, 3.8) is 0 Å². The number of aromatic hydroxyl groups is 1. The molecule has 2 N–H and O–H groups in total. The molecule has 14 heavy (non-hydrogen) atoms. The summed E-state index contributed by atoms with van der Waals surface area (Å²) >= 11 is 3.28. The van der Waals surface area contributed by atoms with Gasteiger partial charge in [-0.25, -0.2) is 0 Å². The fraction of sp³-hybridized carbons (Fsp3) is 0.400. The summed E-state index contributed by atoms with van der Waals surface area (Å²) in [4.78, 5) is 0. The van der Waals surface area contributed by atoms with E-state index in [1.807, 2.05) is 13.0 Å². The topological polar surface area (TPSA) is 41.5 Å². The molecule has 4 heteroatoms. The van der Waals surface area contributed by atoms with Crippen molar-refractivity contribution in [3.05, 3.63) is 22.7 Å². The van der Waals surface area contributed by atoms with Crippen LogP contribution in [0.1, 0.15) is 6.92 Å². The predicted octanol–water partition coefficient (Wildman–Crippen LogP) is 1.90. The van der Waals surface area contributed by atoms with Crippen LogP contribution in [0.5, 0.6) is 11.5 Å². The molecule has 1 fully saturated rings. The molecular weight excluding hydrogens is 246 g/mol. The van der Waals surface area contributed by atoms with Gasteiger partial charge in [0.25, 0.3) is 0 Å². The molecule has 3 nitrogen and oxygen atoms in total. The van der Waals surface area contributed by atoms with Gasteiger partial charge in [0.2, 0.25) is 0 Å². The zero-order chi connectivity index (χ0) is 10.2. The first-order chi connectivity index (χ1) is 6.59. The first-order valence-corrected chi connectivity index (χ1v) is 5.27. The molecule has 0 saturated carbocycles. The molecule has 0 bridgehead atoms. The maximum atomic E-state index is 9.60. The molecule has 0 spiro atoms. The lowest BCUT2D eigenvalue weighted by molar-refractivity contribution is 0.0324. The van der Waals surface area contributed by atoms with Gasteiger partial charge in [-0.2, -0.15) is 0 Å². The number of ether oxygens (including phenoxy) is 1. The molecule has 1 aromatic rings. The molecule has 0 atom stereocenters. The van der Waals surface area contributed by atoms with Crippen molar-refractivity contribution in [2.45, 2.75) is 12.5 Å². The molecule has 1 aliphatic rings. The maximum absolute atomic E-state index is 9.60. The molecule has 1 aromatic carbocycles. The van der Waals surface area contributed by atoms with Gasteiger partial charge in [0.15, 0.2) is 11.5 Å². The molecule has 1 heterocycles. The van der Waals surface area contributed by atoms with E-state index in [4.69, 9.17) is 4.74 Å². The van der Waals surface area contributed by atoms with E-state index in [9.17, 15) is 5.11 Å². The fourth-order valence-corrected chi connectivity index (χ4v) is 1.74. The minimum atomic E-state index is -0.175. The Morgan fingerprint density at radius 3 is 2.71 bits per heavy atom. The number of benzene rings is 1. The fourth-order valence-electron chi connectivity index (χ4n) is 1.39. The Bertz CT molecular complexity index is 350. The van der Waals surface area contributed by atoms with Crippen LogP contribution in [0, 0.1) is 0 Å². The van der Waals surface area contributed by atoms with E-state index in [1.165, 1.54) is 0 Å². The minimum absolute atomic E-state index is 0.174. The minimum Gasteiger partial charge on any atom is -0.504 e. The number of rotatable bonds is 2. The van der Waals surface area contributed by atoms with Crippen molar-refractivity contribution in [2.24, 2.45) is 0 Å². The number of hydrogen-bond acceptors (Lipinski definition) is 3. The first kappa shape index (κ1) is 9.80. The number of halogens is 1. The second-order valence-corrected chi connectivity index (χ2v) is 4.68. The van der Waals surface area contributed by atoms with Gasteiger partial charge in [0.05, 0.1) is 0 Å². The smallest absolute Gasteiger partial charge is 0.161 e. The molecule has 76 valence electrons. The van der Waals surface area contributed by atoms with Gasteiger partial charge in [-0.05, 0) is 25.1 Å². The van der Waals surface area contributed by atoms with Crippen LogP contribution in [0.25, 0.3) is 0 Å². The predicted molar refractivity (Wildman–Crippen MR) is 57.7 cm³/mol. The van der Waals surface area contributed by atoms with Crippen molar-refractivity contribution in [1.82, 2.24) is 5.32 Å². The zero-order valence-electron chi connectivity index (χ0n) is 7.88. The molecule has 0 amide bonds. The van der Waals surface area contributed by atoms with E-state index in [-0.39, 0.29) is 11.4 Å². The summed E-state index contributed by atoms with van der Waals surface area (Å²) in [5.74, 6) is 0.713. The van der Waals surface area contributed by atoms with Gasteiger partial charge >= 0.3 is 0 Å². The van der Waals surface area contributed by atoms with Gasteiger partial charge in [-0.15, -0.1) is 0 Å². The van der Waals surface area contributed by atoms with E-state index in [2.05, 4.69) is 21.2 Å². The molecule has 0 aromatic heterocycles. The molecule has 2 rings (SSSR count). The Hall–Kier alpha value is -0.740. The highest BCUT2D eigenvalue weighted by molar-refractivity contribution is 9.10. The van der Waals surface area contributed by atoms with E-state index < -0.39 is 0 Å². The monoisotopic (exact) mass is 257 g/mol. The highest BCUT2D eigenvalue weighted by Gasteiger charge is 2.34. The lowest BCUT2D eigenvalue weighted by Gasteiger charge is -2.39. The van der Waals surface area contributed by atoms with Gasteiger partial charge in [0.1, 0.15) is 5.60 Å². The van der Waals surface area contributed by atoms with Crippen LogP contribution in [-0.4, -0.2) is 23.8 Å². The third kappa shape index (κ3) is 1.86. The highest BCUT2D eigenvalue weighted by atomic mass is 79.9. The molecule has 0 aliphatic carbocycles. The summed E-state index contributed by atoms with van der Waals surface area (Å²) in [6.07, 6.45) is 0. The second kappa shape index (κ2) is 3.44. The Balaban J connectivity index is 2.16. The van der Waals surface area contributed by atoms with Crippen LogP contribution < -0.4 is 10.1 Å².